The van der Waals surface area contributed by atoms with E-state index in [2.05, 4.69) is 22.9 Å². The van der Waals surface area contributed by atoms with Gasteiger partial charge in [-0.2, -0.15) is 5.26 Å². The first-order valence-electron chi connectivity index (χ1n) is 6.21. The van der Waals surface area contributed by atoms with Crippen molar-refractivity contribution < 1.29 is 4.74 Å². The molecule has 1 heterocycles. The van der Waals surface area contributed by atoms with E-state index in [4.69, 9.17) is 10.00 Å². The van der Waals surface area contributed by atoms with Gasteiger partial charge in [0.1, 0.15) is 5.75 Å². The Labute approximate surface area is 118 Å². The summed E-state index contributed by atoms with van der Waals surface area (Å²) in [5.74, 6) is 6.80. The number of hydrogen-bond acceptors (Lipinski definition) is 3. The lowest BCUT2D eigenvalue weighted by atomic mass is 10.1. The molecule has 0 saturated heterocycles. The van der Waals surface area contributed by atoms with Crippen molar-refractivity contribution in [2.24, 2.45) is 0 Å². The second-order valence-corrected chi connectivity index (χ2v) is 4.74. The van der Waals surface area contributed by atoms with Crippen molar-refractivity contribution in [3.05, 3.63) is 59.9 Å². The lowest BCUT2D eigenvalue weighted by molar-refractivity contribution is 0.172. The normalized spacial score (nSPS) is 10.1. The Morgan fingerprint density at radius 1 is 1.10 bits per heavy atom. The minimum Gasteiger partial charge on any atom is -0.475 e. The Morgan fingerprint density at radius 2 is 1.85 bits per heavy atom. The zero-order chi connectivity index (χ0) is 14.4. The van der Waals surface area contributed by atoms with Crippen molar-refractivity contribution in [3.63, 3.8) is 0 Å². The van der Waals surface area contributed by atoms with E-state index in [0.717, 1.165) is 5.56 Å². The van der Waals surface area contributed by atoms with Gasteiger partial charge in [-0.1, -0.05) is 11.8 Å². The number of rotatable bonds is 2. The van der Waals surface area contributed by atoms with Crippen LogP contribution >= 0.6 is 0 Å². The molecular formula is C17H14N2O. The van der Waals surface area contributed by atoms with Crippen molar-refractivity contribution in [1.82, 2.24) is 4.98 Å². The number of benzene rings is 1. The van der Waals surface area contributed by atoms with Crippen LogP contribution in [0.5, 0.6) is 5.75 Å². The summed E-state index contributed by atoms with van der Waals surface area (Å²) in [5, 5.41) is 8.75. The van der Waals surface area contributed by atoms with E-state index in [9.17, 15) is 0 Å². The van der Waals surface area contributed by atoms with E-state index in [-0.39, 0.29) is 0 Å². The van der Waals surface area contributed by atoms with Crippen molar-refractivity contribution in [2.75, 3.05) is 0 Å². The van der Waals surface area contributed by atoms with Gasteiger partial charge in [-0.05, 0) is 50.2 Å². The average molecular weight is 262 g/mol. The van der Waals surface area contributed by atoms with E-state index in [0.29, 0.717) is 11.3 Å². The highest BCUT2D eigenvalue weighted by molar-refractivity contribution is 5.37. The van der Waals surface area contributed by atoms with E-state index < -0.39 is 5.60 Å². The SMILES string of the molecule is CC(C)(C#Cc1cccnc1)Oc1ccc(C#N)cc1. The van der Waals surface area contributed by atoms with Gasteiger partial charge in [0, 0.05) is 18.0 Å². The average Bonchev–Trinajstić information content (AvgIpc) is 2.47. The summed E-state index contributed by atoms with van der Waals surface area (Å²) in [6, 6.07) is 12.8. The van der Waals surface area contributed by atoms with Gasteiger partial charge in [0.25, 0.3) is 0 Å². The fourth-order valence-electron chi connectivity index (χ4n) is 1.58. The largest absolute Gasteiger partial charge is 0.475 e. The highest BCUT2D eigenvalue weighted by atomic mass is 16.5. The second kappa shape index (κ2) is 5.91. The maximum Gasteiger partial charge on any atom is 0.164 e. The zero-order valence-corrected chi connectivity index (χ0v) is 11.4. The number of pyridine rings is 1. The monoisotopic (exact) mass is 262 g/mol. The maximum absolute atomic E-state index is 8.75. The van der Waals surface area contributed by atoms with Crippen LogP contribution in [-0.2, 0) is 0 Å². The smallest absolute Gasteiger partial charge is 0.164 e. The molecule has 0 amide bonds. The molecule has 0 radical (unpaired) electrons. The predicted molar refractivity (Wildman–Crippen MR) is 77.0 cm³/mol. The van der Waals surface area contributed by atoms with Gasteiger partial charge in [0.2, 0.25) is 0 Å². The number of nitriles is 1. The van der Waals surface area contributed by atoms with Gasteiger partial charge in [0.15, 0.2) is 5.60 Å². The molecule has 0 unspecified atom stereocenters. The summed E-state index contributed by atoms with van der Waals surface area (Å²) in [7, 11) is 0. The van der Waals surface area contributed by atoms with Crippen LogP contribution in [0.25, 0.3) is 0 Å². The van der Waals surface area contributed by atoms with E-state index >= 15 is 0 Å². The van der Waals surface area contributed by atoms with Crippen LogP contribution in [0, 0.1) is 23.2 Å². The van der Waals surface area contributed by atoms with Crippen LogP contribution in [0.2, 0.25) is 0 Å². The highest BCUT2D eigenvalue weighted by Gasteiger charge is 2.16. The molecule has 0 bridgehead atoms. The van der Waals surface area contributed by atoms with Crippen molar-refractivity contribution >= 4 is 0 Å². The Kier molecular flexibility index (Phi) is 4.03. The van der Waals surface area contributed by atoms with Gasteiger partial charge >= 0.3 is 0 Å². The van der Waals surface area contributed by atoms with E-state index in [1.54, 1.807) is 36.7 Å². The Hall–Kier alpha value is -2.78. The molecule has 20 heavy (non-hydrogen) atoms. The predicted octanol–water partition coefficient (Wildman–Crippen LogP) is 3.16. The molecule has 0 aliphatic rings. The molecular weight excluding hydrogens is 248 g/mol. The minimum atomic E-state index is -0.621. The van der Waals surface area contributed by atoms with Gasteiger partial charge in [-0.3, -0.25) is 4.98 Å². The fourth-order valence-corrected chi connectivity index (χ4v) is 1.58. The van der Waals surface area contributed by atoms with Gasteiger partial charge < -0.3 is 4.74 Å². The van der Waals surface area contributed by atoms with Gasteiger partial charge in [-0.15, -0.1) is 0 Å². The third kappa shape index (κ3) is 3.86. The number of hydrogen-bond donors (Lipinski definition) is 0. The number of aromatic nitrogens is 1. The molecule has 2 rings (SSSR count). The molecule has 0 N–H and O–H groups in total. The molecule has 3 nitrogen and oxygen atoms in total. The third-order valence-electron chi connectivity index (χ3n) is 2.53. The Balaban J connectivity index is 2.11. The molecule has 1 aromatic carbocycles. The molecule has 98 valence electrons. The highest BCUT2D eigenvalue weighted by Crippen LogP contribution is 2.18. The summed E-state index contributed by atoms with van der Waals surface area (Å²) in [4.78, 5) is 4.01. The number of ether oxygens (including phenoxy) is 1. The number of nitrogens with zero attached hydrogens (tertiary/aromatic N) is 2. The van der Waals surface area contributed by atoms with Crippen LogP contribution < -0.4 is 4.74 Å². The fraction of sp³-hybridized carbons (Fsp3) is 0.176. The summed E-state index contributed by atoms with van der Waals surface area (Å²) in [6.45, 7) is 3.79. The lowest BCUT2D eigenvalue weighted by Crippen LogP contribution is -2.25. The van der Waals surface area contributed by atoms with Gasteiger partial charge in [0.05, 0.1) is 11.6 Å². The molecule has 0 aliphatic carbocycles. The molecule has 2 aromatic rings. The Bertz CT molecular complexity index is 671. The summed E-state index contributed by atoms with van der Waals surface area (Å²) >= 11 is 0. The molecule has 0 atom stereocenters. The van der Waals surface area contributed by atoms with Crippen LogP contribution in [0.15, 0.2) is 48.8 Å². The quantitative estimate of drug-likeness (QED) is 0.781. The second-order valence-electron chi connectivity index (χ2n) is 4.74. The third-order valence-corrected chi connectivity index (χ3v) is 2.53. The Morgan fingerprint density at radius 3 is 2.45 bits per heavy atom. The van der Waals surface area contributed by atoms with Crippen LogP contribution in [0.1, 0.15) is 25.0 Å². The molecule has 1 aromatic heterocycles. The molecule has 0 saturated carbocycles. The van der Waals surface area contributed by atoms with E-state index in [1.807, 2.05) is 26.0 Å². The molecule has 0 spiro atoms. The minimum absolute atomic E-state index is 0.608. The van der Waals surface area contributed by atoms with Crippen molar-refractivity contribution in [3.8, 4) is 23.7 Å². The van der Waals surface area contributed by atoms with Crippen LogP contribution in [0.3, 0.4) is 0 Å². The maximum atomic E-state index is 8.75. The van der Waals surface area contributed by atoms with Crippen molar-refractivity contribution in [1.29, 1.82) is 5.26 Å². The molecule has 0 fully saturated rings. The molecule has 3 heteroatoms. The van der Waals surface area contributed by atoms with Crippen LogP contribution in [0.4, 0.5) is 0 Å². The summed E-state index contributed by atoms with van der Waals surface area (Å²) < 4.78 is 5.82. The zero-order valence-electron chi connectivity index (χ0n) is 11.4. The first-order chi connectivity index (χ1) is 9.59. The summed E-state index contributed by atoms with van der Waals surface area (Å²) in [5.41, 5.74) is 0.838. The van der Waals surface area contributed by atoms with E-state index in [1.165, 1.54) is 0 Å². The summed E-state index contributed by atoms with van der Waals surface area (Å²) in [6.07, 6.45) is 3.42. The molecule has 0 aliphatic heterocycles. The van der Waals surface area contributed by atoms with Gasteiger partial charge in [-0.25, -0.2) is 0 Å². The standard InChI is InChI=1S/C17H14N2O/c1-17(2,10-9-15-4-3-11-19-13-15)20-16-7-5-14(12-18)6-8-16/h3-8,11,13H,1-2H3. The van der Waals surface area contributed by atoms with Crippen molar-refractivity contribution in [2.45, 2.75) is 19.4 Å². The first kappa shape index (κ1) is 13.6. The lowest BCUT2D eigenvalue weighted by Gasteiger charge is -2.20. The topological polar surface area (TPSA) is 45.9 Å². The van der Waals surface area contributed by atoms with Crippen LogP contribution in [-0.4, -0.2) is 10.6 Å². The first-order valence-corrected chi connectivity index (χ1v) is 6.21.